The third kappa shape index (κ3) is 3.08. The molecule has 1 heterocycles. The number of anilines is 3. The van der Waals surface area contributed by atoms with E-state index in [-0.39, 0.29) is 11.8 Å². The molecule has 2 N–H and O–H groups in total. The van der Waals surface area contributed by atoms with Crippen LogP contribution in [0.25, 0.3) is 6.08 Å². The molecule has 0 saturated heterocycles. The summed E-state index contributed by atoms with van der Waals surface area (Å²) in [4.78, 5) is 26.5. The van der Waals surface area contributed by atoms with Crippen molar-refractivity contribution in [3.63, 3.8) is 0 Å². The van der Waals surface area contributed by atoms with Crippen LogP contribution in [0, 0.1) is 0 Å². The molecular weight excluding hydrogens is 326 g/mol. The number of carbonyl (C=O) groups is 2. The molecule has 0 spiro atoms. The van der Waals surface area contributed by atoms with Gasteiger partial charge in [-0.2, -0.15) is 0 Å². The molecule has 0 radical (unpaired) electrons. The topological polar surface area (TPSA) is 61.4 Å². The first-order valence-corrected chi connectivity index (χ1v) is 8.53. The van der Waals surface area contributed by atoms with E-state index in [4.69, 9.17) is 0 Å². The minimum absolute atomic E-state index is 0.0435. The third-order valence-corrected chi connectivity index (χ3v) is 4.76. The van der Waals surface area contributed by atoms with Gasteiger partial charge in [-0.15, -0.1) is 0 Å². The summed E-state index contributed by atoms with van der Waals surface area (Å²) in [6, 6.07) is 13.4. The Morgan fingerprint density at radius 1 is 1.12 bits per heavy atom. The van der Waals surface area contributed by atoms with Gasteiger partial charge in [0, 0.05) is 25.9 Å². The van der Waals surface area contributed by atoms with Crippen molar-refractivity contribution >= 4 is 35.0 Å². The smallest absolute Gasteiger partial charge is 0.248 e. The first-order valence-electron chi connectivity index (χ1n) is 8.53. The van der Waals surface area contributed by atoms with Gasteiger partial charge in [-0.25, -0.2) is 0 Å². The van der Waals surface area contributed by atoms with Gasteiger partial charge >= 0.3 is 0 Å². The molecule has 134 valence electrons. The van der Waals surface area contributed by atoms with Gasteiger partial charge in [0.2, 0.25) is 11.8 Å². The number of likely N-dealkylation sites (N-methyl/N-ethyl adjacent to an activating group) is 1. The van der Waals surface area contributed by atoms with Crippen LogP contribution in [0.2, 0.25) is 0 Å². The van der Waals surface area contributed by atoms with E-state index in [1.807, 2.05) is 56.3 Å². The van der Waals surface area contributed by atoms with Crippen LogP contribution >= 0.6 is 0 Å². The van der Waals surface area contributed by atoms with Crippen LogP contribution in [0.15, 0.2) is 48.5 Å². The fourth-order valence-corrected chi connectivity index (χ4v) is 3.23. The maximum Gasteiger partial charge on any atom is 0.248 e. The molecule has 1 aliphatic heterocycles. The predicted octanol–water partition coefficient (Wildman–Crippen LogP) is 3.63. The lowest BCUT2D eigenvalue weighted by atomic mass is 9.85. The summed E-state index contributed by atoms with van der Waals surface area (Å²) in [6.07, 6.45) is 3.27. The first kappa shape index (κ1) is 17.7. The number of rotatable bonds is 4. The largest absolute Gasteiger partial charge is 0.386 e. The molecule has 0 atom stereocenters. The van der Waals surface area contributed by atoms with Crippen LogP contribution in [0.1, 0.15) is 25.0 Å². The van der Waals surface area contributed by atoms with Crippen LogP contribution in [-0.4, -0.2) is 25.9 Å². The second-order valence-electron chi connectivity index (χ2n) is 6.89. The fraction of sp³-hybridized carbons (Fsp3) is 0.238. The molecule has 26 heavy (non-hydrogen) atoms. The van der Waals surface area contributed by atoms with Gasteiger partial charge in [-0.1, -0.05) is 30.3 Å². The molecule has 5 nitrogen and oxygen atoms in total. The Labute approximate surface area is 153 Å². The van der Waals surface area contributed by atoms with Crippen molar-refractivity contribution in [2.24, 2.45) is 0 Å². The summed E-state index contributed by atoms with van der Waals surface area (Å²) in [5.74, 6) is -0.178. The summed E-state index contributed by atoms with van der Waals surface area (Å²) in [7, 11) is 3.56. The fourth-order valence-electron chi connectivity index (χ4n) is 3.23. The lowest BCUT2D eigenvalue weighted by Crippen LogP contribution is -2.33. The number of nitrogens with one attached hydrogen (secondary N) is 2. The standard InChI is InChI=1S/C21H23N3O2/c1-21(2)15-12-17(16(22-3)13-18(15)24(4)20(21)26)23-19(25)11-10-14-8-6-5-7-9-14/h5-13,22H,1-4H3,(H,23,25). The van der Waals surface area contributed by atoms with Gasteiger partial charge in [-0.05, 0) is 43.2 Å². The number of amides is 2. The Balaban J connectivity index is 1.89. The molecule has 2 amide bonds. The van der Waals surface area contributed by atoms with Gasteiger partial charge in [0.15, 0.2) is 0 Å². The SMILES string of the molecule is CNc1cc2c(cc1NC(=O)C=Cc1ccccc1)C(C)(C)C(=O)N2C. The van der Waals surface area contributed by atoms with E-state index in [9.17, 15) is 9.59 Å². The minimum Gasteiger partial charge on any atom is -0.386 e. The number of carbonyl (C=O) groups excluding carboxylic acids is 2. The van der Waals surface area contributed by atoms with Gasteiger partial charge in [0.1, 0.15) is 0 Å². The van der Waals surface area contributed by atoms with Crippen molar-refractivity contribution in [3.8, 4) is 0 Å². The highest BCUT2D eigenvalue weighted by atomic mass is 16.2. The Bertz CT molecular complexity index is 886. The van der Waals surface area contributed by atoms with E-state index < -0.39 is 5.41 Å². The second-order valence-corrected chi connectivity index (χ2v) is 6.89. The average Bonchev–Trinajstić information content (AvgIpc) is 2.80. The van der Waals surface area contributed by atoms with Crippen LogP contribution in [-0.2, 0) is 15.0 Å². The van der Waals surface area contributed by atoms with Gasteiger partial charge in [-0.3, -0.25) is 9.59 Å². The Hall–Kier alpha value is -3.08. The zero-order valence-electron chi connectivity index (χ0n) is 15.5. The van der Waals surface area contributed by atoms with Gasteiger partial charge < -0.3 is 15.5 Å². The van der Waals surface area contributed by atoms with E-state index in [1.165, 1.54) is 6.08 Å². The lowest BCUT2D eigenvalue weighted by molar-refractivity contribution is -0.121. The first-order chi connectivity index (χ1) is 12.3. The molecule has 2 aromatic rings. The third-order valence-electron chi connectivity index (χ3n) is 4.76. The van der Waals surface area contributed by atoms with Crippen LogP contribution < -0.4 is 15.5 Å². The highest BCUT2D eigenvalue weighted by Crippen LogP contribution is 2.44. The van der Waals surface area contributed by atoms with Crippen molar-refractivity contribution in [1.29, 1.82) is 0 Å². The van der Waals surface area contributed by atoms with Crippen LogP contribution in [0.4, 0.5) is 17.1 Å². The molecule has 0 fully saturated rings. The summed E-state index contributed by atoms with van der Waals surface area (Å²) in [5.41, 5.74) is 3.54. The van der Waals surface area contributed by atoms with E-state index >= 15 is 0 Å². The minimum atomic E-state index is -0.615. The number of benzene rings is 2. The Kier molecular flexibility index (Phi) is 4.55. The molecule has 0 bridgehead atoms. The molecule has 2 aromatic carbocycles. The molecule has 3 rings (SSSR count). The summed E-state index contributed by atoms with van der Waals surface area (Å²) >= 11 is 0. The predicted molar refractivity (Wildman–Crippen MR) is 107 cm³/mol. The van der Waals surface area contributed by atoms with E-state index in [0.29, 0.717) is 5.69 Å². The van der Waals surface area contributed by atoms with Crippen LogP contribution in [0.5, 0.6) is 0 Å². The number of hydrogen-bond donors (Lipinski definition) is 2. The quantitative estimate of drug-likeness (QED) is 0.829. The highest BCUT2D eigenvalue weighted by molar-refractivity contribution is 6.10. The highest BCUT2D eigenvalue weighted by Gasteiger charge is 2.42. The normalized spacial score (nSPS) is 15.2. The van der Waals surface area contributed by atoms with Crippen molar-refractivity contribution in [3.05, 3.63) is 59.7 Å². The Morgan fingerprint density at radius 2 is 1.81 bits per heavy atom. The summed E-state index contributed by atoms with van der Waals surface area (Å²) < 4.78 is 0. The molecule has 0 aromatic heterocycles. The molecular formula is C21H23N3O2. The number of nitrogens with zero attached hydrogens (tertiary/aromatic N) is 1. The molecule has 0 saturated carbocycles. The van der Waals surface area contributed by atoms with Crippen molar-refractivity contribution < 1.29 is 9.59 Å². The van der Waals surface area contributed by atoms with Crippen molar-refractivity contribution in [2.45, 2.75) is 19.3 Å². The van der Waals surface area contributed by atoms with Crippen molar-refractivity contribution in [1.82, 2.24) is 0 Å². The molecule has 0 aliphatic carbocycles. The average molecular weight is 349 g/mol. The lowest BCUT2D eigenvalue weighted by Gasteiger charge is -2.18. The summed E-state index contributed by atoms with van der Waals surface area (Å²) in [5, 5.41) is 6.00. The zero-order chi connectivity index (χ0) is 18.9. The maximum atomic E-state index is 12.5. The van der Waals surface area contributed by atoms with E-state index in [2.05, 4.69) is 10.6 Å². The molecule has 1 aliphatic rings. The Morgan fingerprint density at radius 3 is 2.46 bits per heavy atom. The van der Waals surface area contributed by atoms with Gasteiger partial charge in [0.05, 0.1) is 16.8 Å². The summed E-state index contributed by atoms with van der Waals surface area (Å²) in [6.45, 7) is 3.80. The van der Waals surface area contributed by atoms with Crippen molar-refractivity contribution in [2.75, 3.05) is 29.6 Å². The molecule has 0 unspecified atom stereocenters. The molecule has 5 heteroatoms. The zero-order valence-corrected chi connectivity index (χ0v) is 15.5. The maximum absolute atomic E-state index is 12.5. The second kappa shape index (κ2) is 6.67. The van der Waals surface area contributed by atoms with Gasteiger partial charge in [0.25, 0.3) is 0 Å². The van der Waals surface area contributed by atoms with E-state index in [0.717, 1.165) is 22.5 Å². The van der Waals surface area contributed by atoms with Crippen LogP contribution in [0.3, 0.4) is 0 Å². The van der Waals surface area contributed by atoms with E-state index in [1.54, 1.807) is 25.1 Å². The monoisotopic (exact) mass is 349 g/mol. The number of hydrogen-bond acceptors (Lipinski definition) is 3. The number of fused-ring (bicyclic) bond motifs is 1.